The molecule has 0 spiro atoms. The number of aromatic nitrogens is 1. The molecule has 1 heterocycles. The van der Waals surface area contributed by atoms with Crippen LogP contribution in [0, 0.1) is 13.8 Å². The molecule has 12 heavy (non-hydrogen) atoms. The lowest BCUT2D eigenvalue weighted by molar-refractivity contribution is 0.393. The van der Waals surface area contributed by atoms with Gasteiger partial charge in [0, 0.05) is 5.56 Å². The average molecular weight is 183 g/mol. The topological polar surface area (TPSA) is 26.0 Å². The van der Waals surface area contributed by atoms with Crippen molar-refractivity contribution >= 4 is 18.7 Å². The molecule has 0 radical (unpaired) electrons. The van der Waals surface area contributed by atoms with Gasteiger partial charge in [-0.25, -0.2) is 0 Å². The van der Waals surface area contributed by atoms with Gasteiger partial charge in [0.2, 0.25) is 0 Å². The Morgan fingerprint density at radius 3 is 2.75 bits per heavy atom. The second-order valence-electron chi connectivity index (χ2n) is 2.65. The van der Waals surface area contributed by atoms with Gasteiger partial charge >= 0.3 is 0 Å². The van der Waals surface area contributed by atoms with Crippen molar-refractivity contribution in [3.63, 3.8) is 0 Å². The molecule has 0 aliphatic rings. The minimum absolute atomic E-state index is 0.875. The van der Waals surface area contributed by atoms with Crippen LogP contribution in [0.5, 0.6) is 0 Å². The summed E-state index contributed by atoms with van der Waals surface area (Å²) in [5.41, 5.74) is 2.04. The van der Waals surface area contributed by atoms with E-state index in [0.717, 1.165) is 29.2 Å². The van der Waals surface area contributed by atoms with Gasteiger partial charge in [0.15, 0.2) is 0 Å². The van der Waals surface area contributed by atoms with Crippen molar-refractivity contribution in [2.75, 3.05) is 5.75 Å². The lowest BCUT2D eigenvalue weighted by Crippen LogP contribution is -1.76. The molecule has 66 valence electrons. The van der Waals surface area contributed by atoms with Gasteiger partial charge in [0.05, 0.1) is 5.69 Å². The third kappa shape index (κ3) is 2.14. The molecule has 1 aromatic rings. The summed E-state index contributed by atoms with van der Waals surface area (Å²) in [5, 5.41) is 3.85. The SMILES string of the molecule is Cc1noc(C)c1C=CCCS. The summed E-state index contributed by atoms with van der Waals surface area (Å²) in [4.78, 5) is 0. The van der Waals surface area contributed by atoms with Crippen molar-refractivity contribution in [3.8, 4) is 0 Å². The van der Waals surface area contributed by atoms with Crippen LogP contribution in [0.2, 0.25) is 0 Å². The zero-order chi connectivity index (χ0) is 8.97. The summed E-state index contributed by atoms with van der Waals surface area (Å²) in [6.07, 6.45) is 5.10. The molecule has 1 aromatic heterocycles. The Hall–Kier alpha value is -0.700. The zero-order valence-corrected chi connectivity index (χ0v) is 8.27. The number of allylic oxidation sites excluding steroid dienone is 1. The highest BCUT2D eigenvalue weighted by molar-refractivity contribution is 7.80. The lowest BCUT2D eigenvalue weighted by atomic mass is 10.2. The second-order valence-corrected chi connectivity index (χ2v) is 3.10. The quantitative estimate of drug-likeness (QED) is 0.729. The fourth-order valence-corrected chi connectivity index (χ4v) is 1.15. The highest BCUT2D eigenvalue weighted by Gasteiger charge is 2.03. The van der Waals surface area contributed by atoms with E-state index in [9.17, 15) is 0 Å². The molecule has 0 amide bonds. The van der Waals surface area contributed by atoms with Gasteiger partial charge in [-0.2, -0.15) is 12.6 Å². The van der Waals surface area contributed by atoms with Crippen LogP contribution in [0.4, 0.5) is 0 Å². The molecule has 0 atom stereocenters. The van der Waals surface area contributed by atoms with E-state index in [-0.39, 0.29) is 0 Å². The van der Waals surface area contributed by atoms with Crippen LogP contribution < -0.4 is 0 Å². The molecule has 0 aromatic carbocycles. The lowest BCUT2D eigenvalue weighted by Gasteiger charge is -1.88. The van der Waals surface area contributed by atoms with Gasteiger partial charge in [-0.15, -0.1) is 0 Å². The van der Waals surface area contributed by atoms with Gasteiger partial charge in [-0.1, -0.05) is 17.3 Å². The van der Waals surface area contributed by atoms with Crippen LogP contribution in [-0.4, -0.2) is 10.9 Å². The molecule has 3 heteroatoms. The average Bonchev–Trinajstić information content (AvgIpc) is 2.35. The van der Waals surface area contributed by atoms with Crippen LogP contribution in [0.1, 0.15) is 23.4 Å². The number of aryl methyl sites for hydroxylation is 2. The molecule has 0 aliphatic heterocycles. The van der Waals surface area contributed by atoms with Crippen molar-refractivity contribution in [1.82, 2.24) is 5.16 Å². The highest BCUT2D eigenvalue weighted by atomic mass is 32.1. The van der Waals surface area contributed by atoms with Crippen molar-refractivity contribution in [1.29, 1.82) is 0 Å². The van der Waals surface area contributed by atoms with E-state index >= 15 is 0 Å². The molecule has 0 saturated heterocycles. The van der Waals surface area contributed by atoms with Crippen LogP contribution in [0.3, 0.4) is 0 Å². The smallest absolute Gasteiger partial charge is 0.141 e. The predicted molar refractivity (Wildman–Crippen MR) is 53.5 cm³/mol. The van der Waals surface area contributed by atoms with Crippen LogP contribution in [-0.2, 0) is 0 Å². The van der Waals surface area contributed by atoms with E-state index in [4.69, 9.17) is 4.52 Å². The molecule has 0 unspecified atom stereocenters. The first kappa shape index (κ1) is 9.39. The fourth-order valence-electron chi connectivity index (χ4n) is 1.00. The highest BCUT2D eigenvalue weighted by Crippen LogP contribution is 2.13. The van der Waals surface area contributed by atoms with Crippen molar-refractivity contribution < 1.29 is 4.52 Å². The first-order valence-corrected chi connectivity index (χ1v) is 4.59. The first-order valence-electron chi connectivity index (χ1n) is 3.96. The molecule has 0 aliphatic carbocycles. The molecule has 0 N–H and O–H groups in total. The number of rotatable bonds is 3. The summed E-state index contributed by atoms with van der Waals surface area (Å²) in [7, 11) is 0. The first-order chi connectivity index (χ1) is 5.75. The molecule has 2 nitrogen and oxygen atoms in total. The number of hydrogen-bond acceptors (Lipinski definition) is 3. The minimum atomic E-state index is 0.875. The maximum Gasteiger partial charge on any atom is 0.141 e. The largest absolute Gasteiger partial charge is 0.361 e. The Morgan fingerprint density at radius 2 is 2.25 bits per heavy atom. The number of thiol groups is 1. The van der Waals surface area contributed by atoms with E-state index in [1.807, 2.05) is 19.9 Å². The molecule has 0 fully saturated rings. The Morgan fingerprint density at radius 1 is 1.50 bits per heavy atom. The minimum Gasteiger partial charge on any atom is -0.361 e. The summed E-state index contributed by atoms with van der Waals surface area (Å²) >= 11 is 4.11. The Bertz CT molecular complexity index is 259. The van der Waals surface area contributed by atoms with Gasteiger partial charge in [0.25, 0.3) is 0 Å². The second kappa shape index (κ2) is 4.36. The summed E-state index contributed by atoms with van der Waals surface area (Å²) in [6.45, 7) is 3.86. The van der Waals surface area contributed by atoms with Crippen LogP contribution in [0.25, 0.3) is 6.08 Å². The molecule has 0 bridgehead atoms. The van der Waals surface area contributed by atoms with E-state index in [1.54, 1.807) is 0 Å². The van der Waals surface area contributed by atoms with E-state index in [0.29, 0.717) is 0 Å². The van der Waals surface area contributed by atoms with Gasteiger partial charge in [-0.05, 0) is 26.0 Å². The van der Waals surface area contributed by atoms with E-state index in [2.05, 4.69) is 23.9 Å². The van der Waals surface area contributed by atoms with E-state index < -0.39 is 0 Å². The standard InChI is InChI=1S/C9H13NOS/c1-7-9(5-3-4-6-12)8(2)11-10-7/h3,5,12H,4,6H2,1-2H3. The van der Waals surface area contributed by atoms with Gasteiger partial charge < -0.3 is 4.52 Å². The summed E-state index contributed by atoms with van der Waals surface area (Å²) in [6, 6.07) is 0. The molecule has 0 saturated carbocycles. The number of hydrogen-bond donors (Lipinski definition) is 1. The Balaban J connectivity index is 2.73. The zero-order valence-electron chi connectivity index (χ0n) is 7.37. The van der Waals surface area contributed by atoms with Crippen molar-refractivity contribution in [2.24, 2.45) is 0 Å². The Kier molecular flexibility index (Phi) is 3.41. The maximum atomic E-state index is 5.01. The summed E-state index contributed by atoms with van der Waals surface area (Å²) in [5.74, 6) is 1.75. The van der Waals surface area contributed by atoms with E-state index in [1.165, 1.54) is 0 Å². The fraction of sp³-hybridized carbons (Fsp3) is 0.444. The molecular weight excluding hydrogens is 170 g/mol. The monoisotopic (exact) mass is 183 g/mol. The third-order valence-electron chi connectivity index (χ3n) is 1.67. The van der Waals surface area contributed by atoms with Crippen LogP contribution >= 0.6 is 12.6 Å². The normalized spacial score (nSPS) is 11.2. The predicted octanol–water partition coefficient (Wildman–Crippen LogP) is 2.62. The van der Waals surface area contributed by atoms with Gasteiger partial charge in [0.1, 0.15) is 5.76 Å². The Labute approximate surface area is 78.1 Å². The van der Waals surface area contributed by atoms with Crippen molar-refractivity contribution in [2.45, 2.75) is 20.3 Å². The van der Waals surface area contributed by atoms with Crippen LogP contribution in [0.15, 0.2) is 10.6 Å². The maximum absolute atomic E-state index is 5.01. The van der Waals surface area contributed by atoms with Crippen molar-refractivity contribution in [3.05, 3.63) is 23.1 Å². The number of nitrogens with zero attached hydrogens (tertiary/aromatic N) is 1. The molecular formula is C9H13NOS. The van der Waals surface area contributed by atoms with Gasteiger partial charge in [-0.3, -0.25) is 0 Å². The third-order valence-corrected chi connectivity index (χ3v) is 1.93. The summed E-state index contributed by atoms with van der Waals surface area (Å²) < 4.78 is 5.01. The molecule has 1 rings (SSSR count).